The van der Waals surface area contributed by atoms with E-state index in [0.29, 0.717) is 12.3 Å². The minimum atomic E-state index is -4.22. The molecule has 2 N–H and O–H groups in total. The van der Waals surface area contributed by atoms with Gasteiger partial charge in [0.05, 0.1) is 0 Å². The first-order valence-electron chi connectivity index (χ1n) is 5.99. The Morgan fingerprint density at radius 1 is 1.35 bits per heavy atom. The average Bonchev–Trinajstić information content (AvgIpc) is 2.13. The minimum absolute atomic E-state index is 0.152. The van der Waals surface area contributed by atoms with Crippen LogP contribution in [0.15, 0.2) is 0 Å². The van der Waals surface area contributed by atoms with Gasteiger partial charge in [-0.15, -0.1) is 0 Å². The highest BCUT2D eigenvalue weighted by Crippen LogP contribution is 2.16. The molecule has 0 aromatic rings. The molecular weight excluding hydrogens is 233 g/mol. The molecule has 102 valence electrons. The summed E-state index contributed by atoms with van der Waals surface area (Å²) in [5.74, 6) is 0.565. The first kappa shape index (κ1) is 14.7. The standard InChI is InChI=1S/C11H21F3N2O/c1-9-5-10(15)7-16(6-9)3-2-4-17-8-11(12,13)14/h9-10H,2-8,15H2,1H3. The van der Waals surface area contributed by atoms with Crippen LogP contribution < -0.4 is 5.73 Å². The molecule has 0 aromatic carbocycles. The summed E-state index contributed by atoms with van der Waals surface area (Å²) in [5, 5.41) is 0. The lowest BCUT2D eigenvalue weighted by Gasteiger charge is -2.34. The van der Waals surface area contributed by atoms with Gasteiger partial charge in [0.1, 0.15) is 6.61 Å². The predicted molar refractivity (Wildman–Crippen MR) is 59.7 cm³/mol. The van der Waals surface area contributed by atoms with E-state index in [1.807, 2.05) is 0 Å². The molecule has 1 aliphatic rings. The Hall–Kier alpha value is -0.330. The number of hydrogen-bond acceptors (Lipinski definition) is 3. The fraction of sp³-hybridized carbons (Fsp3) is 1.00. The molecule has 1 fully saturated rings. The molecule has 3 nitrogen and oxygen atoms in total. The summed E-state index contributed by atoms with van der Waals surface area (Å²) >= 11 is 0. The highest BCUT2D eigenvalue weighted by atomic mass is 19.4. The van der Waals surface area contributed by atoms with E-state index in [4.69, 9.17) is 5.73 Å². The smallest absolute Gasteiger partial charge is 0.372 e. The van der Waals surface area contributed by atoms with Crippen molar-refractivity contribution in [2.24, 2.45) is 11.7 Å². The van der Waals surface area contributed by atoms with Gasteiger partial charge in [-0.3, -0.25) is 0 Å². The Labute approximate surface area is 100 Å². The number of ether oxygens (including phenoxy) is 1. The van der Waals surface area contributed by atoms with E-state index in [-0.39, 0.29) is 12.6 Å². The van der Waals surface area contributed by atoms with Crippen molar-refractivity contribution in [2.75, 3.05) is 32.8 Å². The Morgan fingerprint density at radius 2 is 2.06 bits per heavy atom. The van der Waals surface area contributed by atoms with Crippen molar-refractivity contribution < 1.29 is 17.9 Å². The van der Waals surface area contributed by atoms with Gasteiger partial charge in [0, 0.05) is 32.3 Å². The summed E-state index contributed by atoms with van der Waals surface area (Å²) in [7, 11) is 0. The summed E-state index contributed by atoms with van der Waals surface area (Å²) in [5.41, 5.74) is 5.88. The van der Waals surface area contributed by atoms with Crippen LogP contribution in [-0.2, 0) is 4.74 Å². The quantitative estimate of drug-likeness (QED) is 0.758. The van der Waals surface area contributed by atoms with E-state index in [1.54, 1.807) is 0 Å². The van der Waals surface area contributed by atoms with Crippen molar-refractivity contribution in [3.8, 4) is 0 Å². The lowest BCUT2D eigenvalue weighted by atomic mass is 9.96. The van der Waals surface area contributed by atoms with Crippen LogP contribution in [-0.4, -0.2) is 50.0 Å². The van der Waals surface area contributed by atoms with Crippen molar-refractivity contribution in [3.63, 3.8) is 0 Å². The van der Waals surface area contributed by atoms with Crippen molar-refractivity contribution in [3.05, 3.63) is 0 Å². The number of alkyl halides is 3. The van der Waals surface area contributed by atoms with Crippen molar-refractivity contribution in [2.45, 2.75) is 32.0 Å². The monoisotopic (exact) mass is 254 g/mol. The molecule has 2 unspecified atom stereocenters. The lowest BCUT2D eigenvalue weighted by molar-refractivity contribution is -0.174. The van der Waals surface area contributed by atoms with Crippen molar-refractivity contribution in [1.82, 2.24) is 4.90 Å². The van der Waals surface area contributed by atoms with Gasteiger partial charge in [-0.2, -0.15) is 13.2 Å². The van der Waals surface area contributed by atoms with E-state index < -0.39 is 12.8 Å². The zero-order valence-electron chi connectivity index (χ0n) is 10.2. The van der Waals surface area contributed by atoms with Crippen LogP contribution in [0.2, 0.25) is 0 Å². The van der Waals surface area contributed by atoms with Crippen LogP contribution in [0.4, 0.5) is 13.2 Å². The van der Waals surface area contributed by atoms with Gasteiger partial charge in [0.25, 0.3) is 0 Å². The molecule has 1 rings (SSSR count). The third-order valence-corrected chi connectivity index (χ3v) is 2.80. The summed E-state index contributed by atoms with van der Waals surface area (Å²) in [6.07, 6.45) is -2.57. The number of hydrogen-bond donors (Lipinski definition) is 1. The minimum Gasteiger partial charge on any atom is -0.372 e. The van der Waals surface area contributed by atoms with Crippen LogP contribution in [0.1, 0.15) is 19.8 Å². The normalized spacial score (nSPS) is 27.4. The molecule has 0 amide bonds. The van der Waals surface area contributed by atoms with Crippen LogP contribution in [0.25, 0.3) is 0 Å². The van der Waals surface area contributed by atoms with Gasteiger partial charge in [-0.25, -0.2) is 0 Å². The molecule has 2 atom stereocenters. The van der Waals surface area contributed by atoms with Gasteiger partial charge in [0.2, 0.25) is 0 Å². The molecule has 1 saturated heterocycles. The van der Waals surface area contributed by atoms with Crippen molar-refractivity contribution >= 4 is 0 Å². The Balaban J connectivity index is 2.06. The summed E-state index contributed by atoms with van der Waals surface area (Å²) in [6.45, 7) is 3.72. The Bertz CT molecular complexity index is 213. The van der Waals surface area contributed by atoms with Gasteiger partial charge in [0.15, 0.2) is 0 Å². The largest absolute Gasteiger partial charge is 0.411 e. The second kappa shape index (κ2) is 6.56. The maximum atomic E-state index is 11.8. The highest BCUT2D eigenvalue weighted by Gasteiger charge is 2.27. The molecular formula is C11H21F3N2O. The second-order valence-corrected chi connectivity index (χ2v) is 4.88. The zero-order chi connectivity index (χ0) is 12.9. The fourth-order valence-corrected chi connectivity index (χ4v) is 2.27. The molecule has 1 aliphatic heterocycles. The Kier molecular flexibility index (Phi) is 5.69. The molecule has 6 heteroatoms. The van der Waals surface area contributed by atoms with E-state index in [9.17, 15) is 13.2 Å². The number of nitrogens with two attached hydrogens (primary N) is 1. The number of nitrogens with zero attached hydrogens (tertiary/aromatic N) is 1. The Morgan fingerprint density at radius 3 is 2.65 bits per heavy atom. The first-order chi connectivity index (χ1) is 7.87. The van der Waals surface area contributed by atoms with Gasteiger partial charge in [-0.1, -0.05) is 6.92 Å². The predicted octanol–water partition coefficient (Wildman–Crippen LogP) is 1.62. The topological polar surface area (TPSA) is 38.5 Å². The lowest BCUT2D eigenvalue weighted by Crippen LogP contribution is -2.46. The maximum Gasteiger partial charge on any atom is 0.411 e. The first-order valence-corrected chi connectivity index (χ1v) is 5.99. The number of likely N-dealkylation sites (tertiary alicyclic amines) is 1. The molecule has 0 bridgehead atoms. The van der Waals surface area contributed by atoms with Crippen LogP contribution in [0.3, 0.4) is 0 Å². The molecule has 0 spiro atoms. The van der Waals surface area contributed by atoms with Crippen LogP contribution >= 0.6 is 0 Å². The SMILES string of the molecule is CC1CC(N)CN(CCCOCC(F)(F)F)C1. The maximum absolute atomic E-state index is 11.8. The van der Waals surface area contributed by atoms with E-state index in [0.717, 1.165) is 26.1 Å². The van der Waals surface area contributed by atoms with E-state index in [2.05, 4.69) is 16.6 Å². The number of halogens is 3. The summed E-state index contributed by atoms with van der Waals surface area (Å²) in [6, 6.07) is 0.190. The van der Waals surface area contributed by atoms with Gasteiger partial charge in [-0.05, 0) is 18.8 Å². The number of piperidine rings is 1. The molecule has 0 radical (unpaired) electrons. The highest BCUT2D eigenvalue weighted by molar-refractivity contribution is 4.78. The van der Waals surface area contributed by atoms with Crippen LogP contribution in [0, 0.1) is 5.92 Å². The third-order valence-electron chi connectivity index (χ3n) is 2.80. The van der Waals surface area contributed by atoms with E-state index in [1.165, 1.54) is 0 Å². The molecule has 0 aromatic heterocycles. The fourth-order valence-electron chi connectivity index (χ4n) is 2.27. The van der Waals surface area contributed by atoms with E-state index >= 15 is 0 Å². The summed E-state index contributed by atoms with van der Waals surface area (Å²) < 4.78 is 39.9. The summed E-state index contributed by atoms with van der Waals surface area (Å²) in [4.78, 5) is 2.20. The molecule has 1 heterocycles. The second-order valence-electron chi connectivity index (χ2n) is 4.88. The van der Waals surface area contributed by atoms with Gasteiger partial charge < -0.3 is 15.4 Å². The van der Waals surface area contributed by atoms with Crippen molar-refractivity contribution in [1.29, 1.82) is 0 Å². The molecule has 17 heavy (non-hydrogen) atoms. The third kappa shape index (κ3) is 6.85. The molecule has 0 saturated carbocycles. The van der Waals surface area contributed by atoms with Gasteiger partial charge >= 0.3 is 6.18 Å². The molecule has 0 aliphatic carbocycles. The average molecular weight is 254 g/mol. The number of rotatable bonds is 5. The zero-order valence-corrected chi connectivity index (χ0v) is 10.2. The van der Waals surface area contributed by atoms with Crippen LogP contribution in [0.5, 0.6) is 0 Å².